The van der Waals surface area contributed by atoms with Gasteiger partial charge >= 0.3 is 0 Å². The summed E-state index contributed by atoms with van der Waals surface area (Å²) in [5.74, 6) is 2.59. The van der Waals surface area contributed by atoms with Crippen molar-refractivity contribution in [2.75, 3.05) is 13.7 Å². The van der Waals surface area contributed by atoms with E-state index in [1.807, 2.05) is 0 Å². The van der Waals surface area contributed by atoms with Crippen LogP contribution in [0, 0.1) is 12.3 Å². The van der Waals surface area contributed by atoms with Crippen LogP contribution in [0.1, 0.15) is 25.7 Å². The summed E-state index contributed by atoms with van der Waals surface area (Å²) in [7, 11) is 1.70. The van der Waals surface area contributed by atoms with Gasteiger partial charge in [0, 0.05) is 13.5 Å². The number of unbranched alkanes of at least 4 members (excludes halogenated alkanes) is 1. The molecule has 0 saturated carbocycles. The largest absolute Gasteiger partial charge is 0.380 e. The van der Waals surface area contributed by atoms with Gasteiger partial charge in [-0.25, -0.2) is 0 Å². The summed E-state index contributed by atoms with van der Waals surface area (Å²) >= 11 is 0. The van der Waals surface area contributed by atoms with Crippen LogP contribution in [0.3, 0.4) is 0 Å². The van der Waals surface area contributed by atoms with Crippen LogP contribution in [-0.4, -0.2) is 19.8 Å². The minimum atomic E-state index is 0.228. The van der Waals surface area contributed by atoms with Crippen molar-refractivity contribution in [3.8, 4) is 12.3 Å². The topological polar surface area (TPSA) is 35.2 Å². The third-order valence-electron chi connectivity index (χ3n) is 1.66. The van der Waals surface area contributed by atoms with E-state index < -0.39 is 0 Å². The average Bonchev–Trinajstić information content (AvgIpc) is 2.03. The predicted molar refractivity (Wildman–Crippen MR) is 47.2 cm³/mol. The Kier molecular flexibility index (Phi) is 7.23. The Balaban J connectivity index is 3.30. The highest BCUT2D eigenvalue weighted by atomic mass is 16.5. The van der Waals surface area contributed by atoms with Crippen LogP contribution in [-0.2, 0) is 4.74 Å². The molecule has 0 spiro atoms. The van der Waals surface area contributed by atoms with Crippen LogP contribution in [0.5, 0.6) is 0 Å². The molecular formula is C9H17NO. The maximum Gasteiger partial charge on any atom is 0.0680 e. The normalized spacial score (nSPS) is 12.5. The second kappa shape index (κ2) is 7.59. The summed E-state index contributed by atoms with van der Waals surface area (Å²) in [5, 5.41) is 0. The van der Waals surface area contributed by atoms with E-state index in [2.05, 4.69) is 5.92 Å². The van der Waals surface area contributed by atoms with Crippen LogP contribution in [0.4, 0.5) is 0 Å². The highest BCUT2D eigenvalue weighted by molar-refractivity contribution is 4.87. The van der Waals surface area contributed by atoms with E-state index in [1.54, 1.807) is 7.11 Å². The fourth-order valence-corrected chi connectivity index (χ4v) is 0.951. The molecule has 11 heavy (non-hydrogen) atoms. The lowest BCUT2D eigenvalue weighted by molar-refractivity contribution is 0.0973. The zero-order valence-electron chi connectivity index (χ0n) is 7.18. The van der Waals surface area contributed by atoms with Crippen LogP contribution in [0.2, 0.25) is 0 Å². The number of terminal acetylenes is 1. The van der Waals surface area contributed by atoms with Gasteiger partial charge in [0.15, 0.2) is 0 Å². The van der Waals surface area contributed by atoms with Gasteiger partial charge in [0.1, 0.15) is 0 Å². The molecule has 0 rings (SSSR count). The van der Waals surface area contributed by atoms with Gasteiger partial charge in [0.05, 0.1) is 6.10 Å². The van der Waals surface area contributed by atoms with E-state index in [9.17, 15) is 0 Å². The maximum atomic E-state index is 5.35. The molecule has 0 aromatic carbocycles. The van der Waals surface area contributed by atoms with Gasteiger partial charge in [-0.2, -0.15) is 0 Å². The molecule has 2 nitrogen and oxygen atoms in total. The van der Waals surface area contributed by atoms with Crippen molar-refractivity contribution in [1.82, 2.24) is 0 Å². The van der Waals surface area contributed by atoms with E-state index in [4.69, 9.17) is 16.9 Å². The monoisotopic (exact) mass is 155 g/mol. The van der Waals surface area contributed by atoms with Crippen molar-refractivity contribution >= 4 is 0 Å². The summed E-state index contributed by atoms with van der Waals surface area (Å²) in [6.07, 6.45) is 9.29. The molecule has 64 valence electrons. The molecule has 1 unspecified atom stereocenters. The van der Waals surface area contributed by atoms with Gasteiger partial charge in [-0.05, 0) is 25.8 Å². The third kappa shape index (κ3) is 5.90. The minimum Gasteiger partial charge on any atom is -0.380 e. The predicted octanol–water partition coefficient (Wildman–Crippen LogP) is 1.15. The molecule has 0 aliphatic heterocycles. The second-order valence-electron chi connectivity index (χ2n) is 2.55. The lowest BCUT2D eigenvalue weighted by Crippen LogP contribution is -2.10. The van der Waals surface area contributed by atoms with Gasteiger partial charge < -0.3 is 10.5 Å². The fourth-order valence-electron chi connectivity index (χ4n) is 0.951. The first kappa shape index (κ1) is 10.5. The maximum absolute atomic E-state index is 5.35. The van der Waals surface area contributed by atoms with Crippen LogP contribution in [0.15, 0.2) is 0 Å². The van der Waals surface area contributed by atoms with Gasteiger partial charge in [0.25, 0.3) is 0 Å². The first-order chi connectivity index (χ1) is 5.35. The molecule has 0 aliphatic carbocycles. The number of hydrogen-bond donors (Lipinski definition) is 1. The first-order valence-corrected chi connectivity index (χ1v) is 4.01. The van der Waals surface area contributed by atoms with Crippen molar-refractivity contribution in [3.63, 3.8) is 0 Å². The molecule has 0 amide bonds. The molecule has 0 aromatic heterocycles. The minimum absolute atomic E-state index is 0.228. The fraction of sp³-hybridized carbons (Fsp3) is 0.778. The number of nitrogens with two attached hydrogens (primary N) is 1. The smallest absolute Gasteiger partial charge is 0.0680 e. The molecule has 1 atom stereocenters. The Morgan fingerprint density at radius 3 is 2.73 bits per heavy atom. The average molecular weight is 155 g/mol. The zero-order valence-corrected chi connectivity index (χ0v) is 7.18. The van der Waals surface area contributed by atoms with Gasteiger partial charge in [-0.1, -0.05) is 0 Å². The van der Waals surface area contributed by atoms with Gasteiger partial charge in [-0.15, -0.1) is 12.3 Å². The van der Waals surface area contributed by atoms with Crippen molar-refractivity contribution in [1.29, 1.82) is 0 Å². The Bertz CT molecular complexity index is 117. The van der Waals surface area contributed by atoms with Gasteiger partial charge in [0.2, 0.25) is 0 Å². The molecule has 0 saturated heterocycles. The Morgan fingerprint density at radius 2 is 2.27 bits per heavy atom. The Morgan fingerprint density at radius 1 is 1.55 bits per heavy atom. The van der Waals surface area contributed by atoms with E-state index in [1.165, 1.54) is 0 Å². The van der Waals surface area contributed by atoms with Crippen LogP contribution in [0.25, 0.3) is 0 Å². The molecular weight excluding hydrogens is 138 g/mol. The first-order valence-electron chi connectivity index (χ1n) is 4.01. The molecule has 0 fully saturated rings. The number of rotatable bonds is 6. The highest BCUT2D eigenvalue weighted by Gasteiger charge is 2.03. The van der Waals surface area contributed by atoms with Crippen LogP contribution >= 0.6 is 0 Å². The summed E-state index contributed by atoms with van der Waals surface area (Å²) in [5.41, 5.74) is 5.35. The quantitative estimate of drug-likeness (QED) is 0.461. The lowest BCUT2D eigenvalue weighted by Gasteiger charge is -2.10. The Labute approximate surface area is 69.1 Å². The molecule has 2 N–H and O–H groups in total. The van der Waals surface area contributed by atoms with Gasteiger partial charge in [-0.3, -0.25) is 0 Å². The molecule has 0 heterocycles. The summed E-state index contributed by atoms with van der Waals surface area (Å²) in [4.78, 5) is 0. The molecule has 0 bridgehead atoms. The molecule has 0 radical (unpaired) electrons. The van der Waals surface area contributed by atoms with E-state index >= 15 is 0 Å². The zero-order chi connectivity index (χ0) is 8.53. The van der Waals surface area contributed by atoms with E-state index in [0.29, 0.717) is 6.42 Å². The summed E-state index contributed by atoms with van der Waals surface area (Å²) < 4.78 is 5.15. The lowest BCUT2D eigenvalue weighted by atomic mass is 10.1. The molecule has 0 aliphatic rings. The highest BCUT2D eigenvalue weighted by Crippen LogP contribution is 2.06. The van der Waals surface area contributed by atoms with Crippen molar-refractivity contribution in [2.45, 2.75) is 31.8 Å². The van der Waals surface area contributed by atoms with E-state index in [0.717, 1.165) is 25.8 Å². The van der Waals surface area contributed by atoms with Crippen LogP contribution < -0.4 is 5.73 Å². The van der Waals surface area contributed by atoms with Crippen molar-refractivity contribution in [2.24, 2.45) is 5.73 Å². The second-order valence-corrected chi connectivity index (χ2v) is 2.55. The molecule has 2 heteroatoms. The number of ether oxygens (including phenoxy) is 1. The SMILES string of the molecule is C#CCC(CCCCN)OC. The standard InChI is InChI=1S/C9H17NO/c1-3-6-9(11-2)7-4-5-8-10/h1,9H,4-8,10H2,2H3. The van der Waals surface area contributed by atoms with Crippen molar-refractivity contribution < 1.29 is 4.74 Å². The van der Waals surface area contributed by atoms with E-state index in [-0.39, 0.29) is 6.10 Å². The molecule has 0 aromatic rings. The summed E-state index contributed by atoms with van der Waals surface area (Å²) in [6, 6.07) is 0. The summed E-state index contributed by atoms with van der Waals surface area (Å²) in [6.45, 7) is 0.756. The third-order valence-corrected chi connectivity index (χ3v) is 1.66. The number of methoxy groups -OCH3 is 1. The Hall–Kier alpha value is -0.520. The van der Waals surface area contributed by atoms with Crippen molar-refractivity contribution in [3.05, 3.63) is 0 Å². The number of hydrogen-bond acceptors (Lipinski definition) is 2.